The van der Waals surface area contributed by atoms with E-state index in [0.29, 0.717) is 5.41 Å². The molecule has 0 unspecified atom stereocenters. The summed E-state index contributed by atoms with van der Waals surface area (Å²) in [6.45, 7) is 2.07. The summed E-state index contributed by atoms with van der Waals surface area (Å²) in [4.78, 5) is 13.2. The van der Waals surface area contributed by atoms with Crippen molar-refractivity contribution in [1.82, 2.24) is 0 Å². The average Bonchev–Trinajstić information content (AvgIpc) is 2.49. The third-order valence-electron chi connectivity index (χ3n) is 5.02. The van der Waals surface area contributed by atoms with Gasteiger partial charge >= 0.3 is 5.97 Å². The van der Waals surface area contributed by atoms with Crippen LogP contribution in [-0.2, 0) is 10.2 Å². The zero-order valence-electron chi connectivity index (χ0n) is 12.3. The van der Waals surface area contributed by atoms with Gasteiger partial charge in [0.05, 0.1) is 12.7 Å². The predicted octanol–water partition coefficient (Wildman–Crippen LogP) is 4.48. The first-order chi connectivity index (χ1) is 9.68. The highest BCUT2D eigenvalue weighted by molar-refractivity contribution is 7.99. The molecule has 1 spiro atoms. The van der Waals surface area contributed by atoms with E-state index in [9.17, 15) is 4.79 Å². The molecule has 1 aliphatic carbocycles. The van der Waals surface area contributed by atoms with Crippen molar-refractivity contribution in [3.05, 3.63) is 28.8 Å². The minimum absolute atomic E-state index is 0.214. The van der Waals surface area contributed by atoms with E-state index >= 15 is 0 Å². The molecule has 1 saturated carbocycles. The van der Waals surface area contributed by atoms with Crippen LogP contribution in [0.1, 0.15) is 60.0 Å². The van der Waals surface area contributed by atoms with Crippen LogP contribution in [0.25, 0.3) is 0 Å². The number of benzene rings is 1. The smallest absolute Gasteiger partial charge is 0.338 e. The van der Waals surface area contributed by atoms with Crippen LogP contribution in [0.2, 0.25) is 0 Å². The zero-order chi connectivity index (χ0) is 14.2. The molecule has 2 nitrogen and oxygen atoms in total. The maximum Gasteiger partial charge on any atom is 0.338 e. The zero-order valence-corrected chi connectivity index (χ0v) is 13.1. The van der Waals surface area contributed by atoms with Crippen LogP contribution in [0.3, 0.4) is 0 Å². The maximum absolute atomic E-state index is 11.9. The molecule has 3 heteroatoms. The molecule has 0 radical (unpaired) electrons. The summed E-state index contributed by atoms with van der Waals surface area (Å²) in [5.74, 6) is 0.965. The second-order valence-electron chi connectivity index (χ2n) is 6.05. The maximum atomic E-state index is 11.9. The number of fused-ring (bicyclic) bond motifs is 2. The normalized spacial score (nSPS) is 20.5. The van der Waals surface area contributed by atoms with Gasteiger partial charge in [-0.3, -0.25) is 0 Å². The number of ether oxygens (including phenoxy) is 1. The lowest BCUT2D eigenvalue weighted by Crippen LogP contribution is -2.33. The van der Waals surface area contributed by atoms with E-state index < -0.39 is 0 Å². The van der Waals surface area contributed by atoms with Crippen LogP contribution in [-0.4, -0.2) is 18.8 Å². The Balaban J connectivity index is 2.07. The van der Waals surface area contributed by atoms with Crippen LogP contribution in [0.4, 0.5) is 0 Å². The Bertz CT molecular complexity index is 530. The van der Waals surface area contributed by atoms with Crippen molar-refractivity contribution in [3.8, 4) is 0 Å². The fourth-order valence-electron chi connectivity index (χ4n) is 3.86. The largest absolute Gasteiger partial charge is 0.465 e. The summed E-state index contributed by atoms with van der Waals surface area (Å²) in [7, 11) is 1.46. The quantitative estimate of drug-likeness (QED) is 0.713. The summed E-state index contributed by atoms with van der Waals surface area (Å²) in [6, 6.07) is 4.17. The summed E-state index contributed by atoms with van der Waals surface area (Å²) in [5, 5.41) is 0. The molecule has 0 bridgehead atoms. The Morgan fingerprint density at radius 2 is 1.95 bits per heavy atom. The van der Waals surface area contributed by atoms with E-state index in [4.69, 9.17) is 4.74 Å². The van der Waals surface area contributed by atoms with E-state index in [2.05, 4.69) is 13.0 Å². The minimum atomic E-state index is -0.214. The monoisotopic (exact) mass is 290 g/mol. The summed E-state index contributed by atoms with van der Waals surface area (Å²) in [5.41, 5.74) is 3.73. The third-order valence-corrected chi connectivity index (χ3v) is 6.24. The molecule has 0 amide bonds. The second-order valence-corrected chi connectivity index (χ2v) is 7.15. The molecule has 20 heavy (non-hydrogen) atoms. The molecule has 0 saturated heterocycles. The van der Waals surface area contributed by atoms with E-state index in [-0.39, 0.29) is 5.97 Å². The van der Waals surface area contributed by atoms with Gasteiger partial charge in [-0.25, -0.2) is 4.79 Å². The van der Waals surface area contributed by atoms with E-state index in [1.807, 2.05) is 17.8 Å². The van der Waals surface area contributed by atoms with Gasteiger partial charge in [0.15, 0.2) is 0 Å². The third kappa shape index (κ3) is 2.16. The molecule has 108 valence electrons. The average molecular weight is 290 g/mol. The fraction of sp³-hybridized carbons (Fsp3) is 0.588. The molecular weight excluding hydrogens is 268 g/mol. The van der Waals surface area contributed by atoms with Crippen molar-refractivity contribution in [2.75, 3.05) is 12.9 Å². The number of thioether (sulfide) groups is 1. The first-order valence-electron chi connectivity index (χ1n) is 7.53. The standard InChI is InChI=1S/C17H22O2S/c1-12-13(16(18)19-2)6-7-14-15(12)20-11-10-17(14)8-4-3-5-9-17/h6-7H,3-5,8-11H2,1-2H3. The Labute approximate surface area is 125 Å². The van der Waals surface area contributed by atoms with Gasteiger partial charge < -0.3 is 4.74 Å². The lowest BCUT2D eigenvalue weighted by atomic mass is 9.67. The Hall–Kier alpha value is -0.960. The molecule has 1 heterocycles. The lowest BCUT2D eigenvalue weighted by molar-refractivity contribution is 0.0599. The molecule has 3 rings (SSSR count). The van der Waals surface area contributed by atoms with Crippen LogP contribution in [0.5, 0.6) is 0 Å². The molecule has 0 atom stereocenters. The second kappa shape index (κ2) is 5.44. The molecule has 0 aromatic heterocycles. The van der Waals surface area contributed by atoms with Gasteiger partial charge in [-0.05, 0) is 54.5 Å². The molecule has 1 fully saturated rings. The molecule has 1 aliphatic heterocycles. The van der Waals surface area contributed by atoms with Crippen molar-refractivity contribution in [2.45, 2.75) is 55.8 Å². The molecule has 1 aromatic rings. The molecule has 2 aliphatic rings. The molecule has 1 aromatic carbocycles. The van der Waals surface area contributed by atoms with Gasteiger partial charge in [0.1, 0.15) is 0 Å². The predicted molar refractivity (Wildman–Crippen MR) is 82.6 cm³/mol. The highest BCUT2D eigenvalue weighted by Crippen LogP contribution is 2.51. The van der Waals surface area contributed by atoms with Gasteiger partial charge in [-0.1, -0.05) is 25.3 Å². The number of hydrogen-bond donors (Lipinski definition) is 0. The Morgan fingerprint density at radius 3 is 2.65 bits per heavy atom. The van der Waals surface area contributed by atoms with Gasteiger partial charge in [0.2, 0.25) is 0 Å². The Morgan fingerprint density at radius 1 is 1.20 bits per heavy atom. The molecule has 0 N–H and O–H groups in total. The number of hydrogen-bond acceptors (Lipinski definition) is 3. The van der Waals surface area contributed by atoms with Gasteiger partial charge in [-0.2, -0.15) is 0 Å². The van der Waals surface area contributed by atoms with Crippen molar-refractivity contribution in [3.63, 3.8) is 0 Å². The topological polar surface area (TPSA) is 26.3 Å². The SMILES string of the molecule is COC(=O)c1ccc2c(c1C)SCCC21CCCCC1. The van der Waals surface area contributed by atoms with Crippen molar-refractivity contribution >= 4 is 17.7 Å². The summed E-state index contributed by atoms with van der Waals surface area (Å²) in [6.07, 6.45) is 8.00. The van der Waals surface area contributed by atoms with Gasteiger partial charge in [0.25, 0.3) is 0 Å². The highest BCUT2D eigenvalue weighted by Gasteiger charge is 2.38. The van der Waals surface area contributed by atoms with Crippen LogP contribution >= 0.6 is 11.8 Å². The summed E-state index contributed by atoms with van der Waals surface area (Å²) >= 11 is 1.92. The highest BCUT2D eigenvalue weighted by atomic mass is 32.2. The number of esters is 1. The first kappa shape index (κ1) is 14.0. The number of methoxy groups -OCH3 is 1. The van der Waals surface area contributed by atoms with Crippen molar-refractivity contribution in [2.24, 2.45) is 0 Å². The van der Waals surface area contributed by atoms with E-state index in [1.54, 1.807) is 0 Å². The van der Waals surface area contributed by atoms with Gasteiger partial charge in [0, 0.05) is 4.90 Å². The first-order valence-corrected chi connectivity index (χ1v) is 8.52. The lowest BCUT2D eigenvalue weighted by Gasteiger charge is -2.42. The van der Waals surface area contributed by atoms with Gasteiger partial charge in [-0.15, -0.1) is 11.8 Å². The summed E-state index contributed by atoms with van der Waals surface area (Å²) < 4.78 is 4.90. The number of carbonyl (C=O) groups excluding carboxylic acids is 1. The molecular formula is C17H22O2S. The van der Waals surface area contributed by atoms with Crippen molar-refractivity contribution < 1.29 is 9.53 Å². The van der Waals surface area contributed by atoms with E-state index in [0.717, 1.165) is 11.1 Å². The van der Waals surface area contributed by atoms with E-state index in [1.165, 1.54) is 61.8 Å². The van der Waals surface area contributed by atoms with Crippen molar-refractivity contribution in [1.29, 1.82) is 0 Å². The Kier molecular flexibility index (Phi) is 3.80. The van der Waals surface area contributed by atoms with Crippen LogP contribution in [0.15, 0.2) is 17.0 Å². The minimum Gasteiger partial charge on any atom is -0.465 e. The fourth-order valence-corrected chi connectivity index (χ4v) is 5.32. The van der Waals surface area contributed by atoms with Crippen LogP contribution in [0, 0.1) is 6.92 Å². The number of carbonyl (C=O) groups is 1. The van der Waals surface area contributed by atoms with Crippen LogP contribution < -0.4 is 0 Å². The number of rotatable bonds is 1.